The van der Waals surface area contributed by atoms with Crippen molar-refractivity contribution in [3.8, 4) is 0 Å². The molecule has 0 saturated heterocycles. The van der Waals surface area contributed by atoms with Crippen molar-refractivity contribution in [1.82, 2.24) is 10.5 Å². The van der Waals surface area contributed by atoms with Crippen LogP contribution in [0.1, 0.15) is 25.7 Å². The zero-order valence-electron chi connectivity index (χ0n) is 7.32. The van der Waals surface area contributed by atoms with Crippen molar-refractivity contribution in [2.45, 2.75) is 25.7 Å². The van der Waals surface area contributed by atoms with Gasteiger partial charge in [0.25, 0.3) is 5.91 Å². The maximum absolute atomic E-state index is 10.8. The van der Waals surface area contributed by atoms with Gasteiger partial charge in [-0.2, -0.15) is 0 Å². The Morgan fingerprint density at radius 1 is 1.15 bits per heavy atom. The SMILES string of the molecule is NNC(=O)CCCCC(=O)N(N)N. The highest BCUT2D eigenvalue weighted by Crippen LogP contribution is 2.00. The van der Waals surface area contributed by atoms with Gasteiger partial charge in [-0.1, -0.05) is 0 Å². The molecule has 0 atom stereocenters. The third-order valence-electron chi connectivity index (χ3n) is 1.49. The summed E-state index contributed by atoms with van der Waals surface area (Å²) in [6, 6.07) is 0. The van der Waals surface area contributed by atoms with Crippen LogP contribution in [0.25, 0.3) is 0 Å². The number of rotatable bonds is 5. The largest absolute Gasteiger partial charge is 0.294 e. The molecule has 2 amide bonds. The Kier molecular flexibility index (Phi) is 5.77. The molecule has 0 heterocycles. The van der Waals surface area contributed by atoms with E-state index >= 15 is 0 Å². The van der Waals surface area contributed by atoms with Crippen LogP contribution >= 0.6 is 0 Å². The molecule has 0 bridgehead atoms. The van der Waals surface area contributed by atoms with Crippen molar-refractivity contribution < 1.29 is 9.59 Å². The molecule has 7 nitrogen and oxygen atoms in total. The van der Waals surface area contributed by atoms with Gasteiger partial charge in [-0.3, -0.25) is 15.0 Å². The van der Waals surface area contributed by atoms with Crippen molar-refractivity contribution in [3.05, 3.63) is 0 Å². The van der Waals surface area contributed by atoms with Crippen LogP contribution in [0.2, 0.25) is 0 Å². The van der Waals surface area contributed by atoms with Gasteiger partial charge in [-0.05, 0) is 12.8 Å². The lowest BCUT2D eigenvalue weighted by Gasteiger charge is -2.08. The van der Waals surface area contributed by atoms with E-state index in [0.29, 0.717) is 24.4 Å². The highest BCUT2D eigenvalue weighted by molar-refractivity contribution is 5.76. The van der Waals surface area contributed by atoms with Crippen LogP contribution in [-0.4, -0.2) is 16.9 Å². The van der Waals surface area contributed by atoms with Crippen molar-refractivity contribution in [2.75, 3.05) is 0 Å². The van der Waals surface area contributed by atoms with E-state index in [1.165, 1.54) is 0 Å². The lowest BCUT2D eigenvalue weighted by Crippen LogP contribution is -2.43. The molecule has 7 heteroatoms. The number of carbonyl (C=O) groups excluding carboxylic acids is 2. The molecule has 13 heavy (non-hydrogen) atoms. The highest BCUT2D eigenvalue weighted by Gasteiger charge is 2.05. The maximum atomic E-state index is 10.8. The molecule has 0 spiro atoms. The second-order valence-corrected chi connectivity index (χ2v) is 2.58. The predicted molar refractivity (Wildman–Crippen MR) is 46.0 cm³/mol. The summed E-state index contributed by atoms with van der Waals surface area (Å²) >= 11 is 0. The Hall–Kier alpha value is -1.18. The fourth-order valence-corrected chi connectivity index (χ4v) is 0.763. The second kappa shape index (κ2) is 6.35. The summed E-state index contributed by atoms with van der Waals surface area (Å²) in [5.74, 6) is 14.2. The average Bonchev–Trinajstić information content (AvgIpc) is 2.11. The van der Waals surface area contributed by atoms with Crippen LogP contribution in [0.4, 0.5) is 0 Å². The van der Waals surface area contributed by atoms with Crippen molar-refractivity contribution in [2.24, 2.45) is 17.5 Å². The van der Waals surface area contributed by atoms with Gasteiger partial charge in [-0.15, -0.1) is 0 Å². The topological polar surface area (TPSA) is 127 Å². The minimum Gasteiger partial charge on any atom is -0.294 e. The van der Waals surface area contributed by atoms with Gasteiger partial charge in [0, 0.05) is 12.8 Å². The lowest BCUT2D eigenvalue weighted by molar-refractivity contribution is -0.132. The monoisotopic (exact) mass is 189 g/mol. The number of carbonyl (C=O) groups is 2. The molecule has 0 aliphatic carbocycles. The third-order valence-corrected chi connectivity index (χ3v) is 1.49. The average molecular weight is 189 g/mol. The van der Waals surface area contributed by atoms with Gasteiger partial charge in [-0.25, -0.2) is 22.6 Å². The molecule has 0 aromatic carbocycles. The fourth-order valence-electron chi connectivity index (χ4n) is 0.763. The zero-order chi connectivity index (χ0) is 10.3. The van der Waals surface area contributed by atoms with E-state index in [-0.39, 0.29) is 18.2 Å². The number of nitrogens with one attached hydrogen (secondary N) is 1. The van der Waals surface area contributed by atoms with Crippen molar-refractivity contribution >= 4 is 11.8 Å². The van der Waals surface area contributed by atoms with Crippen LogP contribution in [0, 0.1) is 0 Å². The van der Waals surface area contributed by atoms with E-state index in [4.69, 9.17) is 17.5 Å². The molecule has 0 aromatic heterocycles. The molecule has 0 fully saturated rings. The second-order valence-electron chi connectivity index (χ2n) is 2.58. The number of amides is 2. The third kappa shape index (κ3) is 6.02. The summed E-state index contributed by atoms with van der Waals surface area (Å²) in [5.41, 5.74) is 1.99. The molecular weight excluding hydrogens is 174 g/mol. The van der Waals surface area contributed by atoms with Crippen LogP contribution < -0.4 is 23.0 Å². The van der Waals surface area contributed by atoms with Gasteiger partial charge < -0.3 is 0 Å². The summed E-state index contributed by atoms with van der Waals surface area (Å²) in [7, 11) is 0. The summed E-state index contributed by atoms with van der Waals surface area (Å²) < 4.78 is 0. The molecular formula is C6H15N5O2. The normalized spacial score (nSPS) is 9.46. The fraction of sp³-hybridized carbons (Fsp3) is 0.667. The Bertz CT molecular complexity index is 182. The summed E-state index contributed by atoms with van der Waals surface area (Å²) in [6.45, 7) is 0. The summed E-state index contributed by atoms with van der Waals surface area (Å²) in [5, 5.41) is 0.545. The number of hydrazine groups is 3. The summed E-state index contributed by atoms with van der Waals surface area (Å²) in [6.07, 6.45) is 1.70. The van der Waals surface area contributed by atoms with Gasteiger partial charge in [0.2, 0.25) is 5.91 Å². The Morgan fingerprint density at radius 2 is 1.69 bits per heavy atom. The first-order chi connectivity index (χ1) is 6.07. The van der Waals surface area contributed by atoms with Crippen molar-refractivity contribution in [3.63, 3.8) is 0 Å². The number of hydrogen-bond acceptors (Lipinski definition) is 5. The molecule has 0 aromatic rings. The minimum atomic E-state index is -0.354. The molecule has 0 saturated carbocycles. The van der Waals surface area contributed by atoms with E-state index in [1.807, 2.05) is 5.43 Å². The van der Waals surface area contributed by atoms with Gasteiger partial charge >= 0.3 is 0 Å². The van der Waals surface area contributed by atoms with Crippen LogP contribution in [0.3, 0.4) is 0 Å². The first-order valence-electron chi connectivity index (χ1n) is 3.89. The number of unbranched alkanes of at least 4 members (excludes halogenated alkanes) is 1. The number of nitrogens with zero attached hydrogens (tertiary/aromatic N) is 1. The molecule has 0 unspecified atom stereocenters. The Balaban J connectivity index is 3.36. The molecule has 0 rings (SSSR count). The van der Waals surface area contributed by atoms with E-state index in [9.17, 15) is 9.59 Å². The Labute approximate surface area is 76.1 Å². The summed E-state index contributed by atoms with van der Waals surface area (Å²) in [4.78, 5) is 21.4. The first-order valence-corrected chi connectivity index (χ1v) is 3.89. The van der Waals surface area contributed by atoms with E-state index < -0.39 is 0 Å². The maximum Gasteiger partial charge on any atom is 0.251 e. The van der Waals surface area contributed by atoms with E-state index in [1.54, 1.807) is 0 Å². The molecule has 76 valence electrons. The van der Waals surface area contributed by atoms with Crippen LogP contribution in [-0.2, 0) is 9.59 Å². The molecule has 0 radical (unpaired) electrons. The quantitative estimate of drug-likeness (QED) is 0.174. The zero-order valence-corrected chi connectivity index (χ0v) is 7.32. The standard InChI is InChI=1S/C6H15N5O2/c7-10-5(12)3-1-2-4-6(13)11(8)9/h1-4,7-9H2,(H,10,12). The molecule has 7 N–H and O–H groups in total. The van der Waals surface area contributed by atoms with Crippen molar-refractivity contribution in [1.29, 1.82) is 0 Å². The van der Waals surface area contributed by atoms with Gasteiger partial charge in [0.1, 0.15) is 0 Å². The lowest BCUT2D eigenvalue weighted by atomic mass is 10.2. The van der Waals surface area contributed by atoms with Crippen LogP contribution in [0.5, 0.6) is 0 Å². The molecule has 0 aliphatic rings. The minimum absolute atomic E-state index is 0.241. The smallest absolute Gasteiger partial charge is 0.251 e. The Morgan fingerprint density at radius 3 is 2.15 bits per heavy atom. The molecule has 0 aliphatic heterocycles. The van der Waals surface area contributed by atoms with E-state index in [2.05, 4.69) is 0 Å². The number of hydrogen-bond donors (Lipinski definition) is 4. The van der Waals surface area contributed by atoms with Gasteiger partial charge in [0.05, 0.1) is 0 Å². The number of nitrogens with two attached hydrogens (primary N) is 3. The van der Waals surface area contributed by atoms with Crippen LogP contribution in [0.15, 0.2) is 0 Å². The van der Waals surface area contributed by atoms with Gasteiger partial charge in [0.15, 0.2) is 0 Å². The van der Waals surface area contributed by atoms with E-state index in [0.717, 1.165) is 0 Å². The first kappa shape index (κ1) is 11.8. The highest BCUT2D eigenvalue weighted by atomic mass is 16.2. The predicted octanol–water partition coefficient (Wildman–Crippen LogP) is -1.89.